The number of carbonyl (C=O) groups excluding carboxylic acids is 1. The third-order valence-corrected chi connectivity index (χ3v) is 3.22. The van der Waals surface area contributed by atoms with Gasteiger partial charge >= 0.3 is 0 Å². The number of rotatable bonds is 5. The van der Waals surface area contributed by atoms with E-state index in [9.17, 15) is 4.79 Å². The van der Waals surface area contributed by atoms with Gasteiger partial charge in [0, 0.05) is 11.6 Å². The number of alkyl halides is 1. The molecular weight excluding hydrogens is 274 g/mol. The zero-order chi connectivity index (χ0) is 14.4. The van der Waals surface area contributed by atoms with Crippen molar-refractivity contribution >= 4 is 23.2 Å². The number of hydrogen-bond acceptors (Lipinski definition) is 2. The van der Waals surface area contributed by atoms with E-state index in [0.29, 0.717) is 12.3 Å². The average molecular weight is 290 g/mol. The van der Waals surface area contributed by atoms with Crippen LogP contribution in [0.15, 0.2) is 48.5 Å². The standard InChI is InChI=1S/C16H16ClNO2/c1-20-14-7-4-5-12(9-14)10-16(19)18-15-8-3-2-6-13(15)11-17/h2-9H,10-11H2,1H3,(H,18,19). The lowest BCUT2D eigenvalue weighted by Crippen LogP contribution is -2.15. The highest BCUT2D eigenvalue weighted by Crippen LogP contribution is 2.18. The van der Waals surface area contributed by atoms with Gasteiger partial charge in [0.05, 0.1) is 13.5 Å². The molecule has 0 aliphatic carbocycles. The quantitative estimate of drug-likeness (QED) is 0.854. The third-order valence-electron chi connectivity index (χ3n) is 2.93. The van der Waals surface area contributed by atoms with Gasteiger partial charge in [-0.1, -0.05) is 30.3 Å². The smallest absolute Gasteiger partial charge is 0.228 e. The van der Waals surface area contributed by atoms with Crippen LogP contribution in [0, 0.1) is 0 Å². The molecule has 0 saturated carbocycles. The SMILES string of the molecule is COc1cccc(CC(=O)Nc2ccccc2CCl)c1. The minimum atomic E-state index is -0.0733. The number of hydrogen-bond donors (Lipinski definition) is 1. The molecule has 0 bridgehead atoms. The van der Waals surface area contributed by atoms with E-state index < -0.39 is 0 Å². The molecule has 1 N–H and O–H groups in total. The Morgan fingerprint density at radius 3 is 2.75 bits per heavy atom. The molecule has 4 heteroatoms. The predicted octanol–water partition coefficient (Wildman–Crippen LogP) is 3.62. The van der Waals surface area contributed by atoms with E-state index in [1.54, 1.807) is 7.11 Å². The minimum Gasteiger partial charge on any atom is -0.497 e. The van der Waals surface area contributed by atoms with Crippen LogP contribution in [-0.2, 0) is 17.1 Å². The molecule has 2 rings (SSSR count). The number of nitrogens with one attached hydrogen (secondary N) is 1. The molecule has 0 aromatic heterocycles. The van der Waals surface area contributed by atoms with E-state index in [-0.39, 0.29) is 5.91 Å². The number of ether oxygens (including phenoxy) is 1. The number of carbonyl (C=O) groups is 1. The molecule has 0 aliphatic heterocycles. The average Bonchev–Trinajstić information content (AvgIpc) is 2.48. The summed E-state index contributed by atoms with van der Waals surface area (Å²) in [5.41, 5.74) is 2.58. The van der Waals surface area contributed by atoms with E-state index in [1.165, 1.54) is 0 Å². The topological polar surface area (TPSA) is 38.3 Å². The number of para-hydroxylation sites is 1. The molecule has 0 aliphatic rings. The van der Waals surface area contributed by atoms with Crippen molar-refractivity contribution in [3.05, 3.63) is 59.7 Å². The summed E-state index contributed by atoms with van der Waals surface area (Å²) in [5.74, 6) is 1.04. The maximum atomic E-state index is 12.1. The molecule has 0 fully saturated rings. The summed E-state index contributed by atoms with van der Waals surface area (Å²) >= 11 is 5.85. The van der Waals surface area contributed by atoms with Crippen molar-refractivity contribution in [2.75, 3.05) is 12.4 Å². The Hall–Kier alpha value is -2.00. The molecule has 0 atom stereocenters. The van der Waals surface area contributed by atoms with Crippen molar-refractivity contribution in [2.24, 2.45) is 0 Å². The Labute approximate surface area is 123 Å². The van der Waals surface area contributed by atoms with E-state index >= 15 is 0 Å². The van der Waals surface area contributed by atoms with Gasteiger partial charge in [0.1, 0.15) is 5.75 Å². The first-order chi connectivity index (χ1) is 9.72. The fraction of sp³-hybridized carbons (Fsp3) is 0.188. The summed E-state index contributed by atoms with van der Waals surface area (Å²) in [6, 6.07) is 15.0. The molecule has 0 radical (unpaired) electrons. The van der Waals surface area contributed by atoms with Crippen LogP contribution in [0.1, 0.15) is 11.1 Å². The van der Waals surface area contributed by atoms with Crippen molar-refractivity contribution < 1.29 is 9.53 Å². The van der Waals surface area contributed by atoms with Crippen molar-refractivity contribution in [2.45, 2.75) is 12.3 Å². The number of halogens is 1. The third kappa shape index (κ3) is 3.75. The van der Waals surface area contributed by atoms with Gasteiger partial charge in [0.25, 0.3) is 0 Å². The maximum absolute atomic E-state index is 12.1. The first-order valence-electron chi connectivity index (χ1n) is 6.29. The molecular formula is C16H16ClNO2. The highest BCUT2D eigenvalue weighted by atomic mass is 35.5. The first kappa shape index (κ1) is 14.4. The lowest BCUT2D eigenvalue weighted by Gasteiger charge is -2.09. The van der Waals surface area contributed by atoms with Crippen LogP contribution in [0.4, 0.5) is 5.69 Å². The Bertz CT molecular complexity index is 599. The van der Waals surface area contributed by atoms with Crippen LogP contribution in [0.5, 0.6) is 5.75 Å². The van der Waals surface area contributed by atoms with Crippen molar-refractivity contribution in [1.29, 1.82) is 0 Å². The van der Waals surface area contributed by atoms with E-state index in [1.807, 2.05) is 48.5 Å². The Morgan fingerprint density at radius 1 is 1.20 bits per heavy atom. The fourth-order valence-electron chi connectivity index (χ4n) is 1.92. The maximum Gasteiger partial charge on any atom is 0.228 e. The number of amides is 1. The molecule has 20 heavy (non-hydrogen) atoms. The minimum absolute atomic E-state index is 0.0733. The number of anilines is 1. The molecule has 104 valence electrons. The summed E-state index contributed by atoms with van der Waals surface area (Å²) in [6.45, 7) is 0. The Balaban J connectivity index is 2.05. The molecule has 0 spiro atoms. The lowest BCUT2D eigenvalue weighted by molar-refractivity contribution is -0.115. The zero-order valence-electron chi connectivity index (χ0n) is 11.2. The van der Waals surface area contributed by atoms with E-state index in [2.05, 4.69) is 5.32 Å². The summed E-state index contributed by atoms with van der Waals surface area (Å²) in [6.07, 6.45) is 0.299. The van der Waals surface area contributed by atoms with Crippen molar-refractivity contribution in [3.8, 4) is 5.75 Å². The monoisotopic (exact) mass is 289 g/mol. The summed E-state index contributed by atoms with van der Waals surface area (Å²) in [5, 5.41) is 2.88. The predicted molar refractivity (Wildman–Crippen MR) is 81.3 cm³/mol. The molecule has 2 aromatic carbocycles. The van der Waals surface area contributed by atoms with Gasteiger partial charge in [0.2, 0.25) is 5.91 Å². The largest absolute Gasteiger partial charge is 0.497 e. The molecule has 1 amide bonds. The lowest BCUT2D eigenvalue weighted by atomic mass is 10.1. The fourth-order valence-corrected chi connectivity index (χ4v) is 2.15. The normalized spacial score (nSPS) is 10.1. The van der Waals surface area contributed by atoms with Crippen molar-refractivity contribution in [1.82, 2.24) is 0 Å². The second kappa shape index (κ2) is 6.96. The highest BCUT2D eigenvalue weighted by Gasteiger charge is 2.07. The van der Waals surface area contributed by atoms with Crippen LogP contribution in [0.3, 0.4) is 0 Å². The molecule has 3 nitrogen and oxygen atoms in total. The van der Waals surface area contributed by atoms with Crippen LogP contribution in [-0.4, -0.2) is 13.0 Å². The molecule has 0 heterocycles. The summed E-state index contributed by atoms with van der Waals surface area (Å²) < 4.78 is 5.14. The van der Waals surface area contributed by atoms with E-state index in [0.717, 1.165) is 22.6 Å². The number of benzene rings is 2. The van der Waals surface area contributed by atoms with E-state index in [4.69, 9.17) is 16.3 Å². The first-order valence-corrected chi connectivity index (χ1v) is 6.83. The Kier molecular flexibility index (Phi) is 5.02. The zero-order valence-corrected chi connectivity index (χ0v) is 12.0. The van der Waals surface area contributed by atoms with Crippen LogP contribution < -0.4 is 10.1 Å². The number of methoxy groups -OCH3 is 1. The van der Waals surface area contributed by atoms with Gasteiger partial charge < -0.3 is 10.1 Å². The molecule has 0 unspecified atom stereocenters. The molecule has 2 aromatic rings. The highest BCUT2D eigenvalue weighted by molar-refractivity contribution is 6.17. The summed E-state index contributed by atoms with van der Waals surface area (Å²) in [4.78, 5) is 12.1. The second-order valence-electron chi connectivity index (χ2n) is 4.37. The van der Waals surface area contributed by atoms with Gasteiger partial charge in [-0.15, -0.1) is 11.6 Å². The summed E-state index contributed by atoms with van der Waals surface area (Å²) in [7, 11) is 1.61. The van der Waals surface area contributed by atoms with Gasteiger partial charge in [-0.2, -0.15) is 0 Å². The van der Waals surface area contributed by atoms with Crippen molar-refractivity contribution in [3.63, 3.8) is 0 Å². The Morgan fingerprint density at radius 2 is 2.00 bits per heavy atom. The second-order valence-corrected chi connectivity index (χ2v) is 4.63. The van der Waals surface area contributed by atoms with Crippen LogP contribution in [0.25, 0.3) is 0 Å². The van der Waals surface area contributed by atoms with Gasteiger partial charge in [-0.05, 0) is 29.3 Å². The molecule has 0 saturated heterocycles. The van der Waals surface area contributed by atoms with Crippen LogP contribution >= 0.6 is 11.6 Å². The van der Waals surface area contributed by atoms with Crippen LogP contribution in [0.2, 0.25) is 0 Å². The van der Waals surface area contributed by atoms with Gasteiger partial charge in [-0.25, -0.2) is 0 Å². The van der Waals surface area contributed by atoms with Gasteiger partial charge in [0.15, 0.2) is 0 Å². The van der Waals surface area contributed by atoms with Gasteiger partial charge in [-0.3, -0.25) is 4.79 Å².